The van der Waals surface area contributed by atoms with Crippen LogP contribution in [0.4, 0.5) is 10.1 Å². The van der Waals surface area contributed by atoms with Gasteiger partial charge in [-0.2, -0.15) is 0 Å². The second-order valence-electron chi connectivity index (χ2n) is 4.93. The molecule has 0 atom stereocenters. The number of nitrogen functional groups attached to an aromatic ring is 1. The summed E-state index contributed by atoms with van der Waals surface area (Å²) in [5.41, 5.74) is 6.70. The average molecular weight is 266 g/mol. The topological polar surface area (TPSA) is 55.6 Å². The fraction of sp³-hybridized carbons (Fsp3) is 0.500. The van der Waals surface area contributed by atoms with Gasteiger partial charge in [0.15, 0.2) is 0 Å². The molecule has 0 saturated carbocycles. The highest BCUT2D eigenvalue weighted by molar-refractivity contribution is 5.95. The van der Waals surface area contributed by atoms with E-state index in [0.717, 1.165) is 12.8 Å². The van der Waals surface area contributed by atoms with Gasteiger partial charge in [0.05, 0.1) is 0 Å². The summed E-state index contributed by atoms with van der Waals surface area (Å²) in [6.07, 6.45) is 1.62. The monoisotopic (exact) mass is 266 g/mol. The minimum Gasteiger partial charge on any atom is -0.398 e. The summed E-state index contributed by atoms with van der Waals surface area (Å²) in [6.45, 7) is 2.92. The summed E-state index contributed by atoms with van der Waals surface area (Å²) < 4.78 is 18.9. The van der Waals surface area contributed by atoms with E-state index in [1.807, 2.05) is 0 Å². The van der Waals surface area contributed by atoms with Crippen LogP contribution in [0.1, 0.15) is 28.8 Å². The lowest BCUT2D eigenvalue weighted by Gasteiger charge is -2.31. The largest absolute Gasteiger partial charge is 0.398 e. The Labute approximate surface area is 112 Å². The van der Waals surface area contributed by atoms with Crippen molar-refractivity contribution in [3.63, 3.8) is 0 Å². The van der Waals surface area contributed by atoms with Crippen LogP contribution in [-0.4, -0.2) is 37.1 Å². The summed E-state index contributed by atoms with van der Waals surface area (Å²) in [7, 11) is 1.74. The molecule has 1 fully saturated rings. The molecule has 1 aliphatic heterocycles. The maximum atomic E-state index is 13.6. The molecule has 1 aromatic rings. The zero-order chi connectivity index (χ0) is 14.0. The van der Waals surface area contributed by atoms with Crippen molar-refractivity contribution < 1.29 is 13.9 Å². The first-order valence-corrected chi connectivity index (χ1v) is 6.41. The number of rotatable bonds is 2. The number of carbonyl (C=O) groups is 1. The molecule has 1 amide bonds. The van der Waals surface area contributed by atoms with Gasteiger partial charge in [-0.15, -0.1) is 0 Å². The average Bonchev–Trinajstić information content (AvgIpc) is 2.43. The smallest absolute Gasteiger partial charge is 0.254 e. The van der Waals surface area contributed by atoms with E-state index in [-0.39, 0.29) is 11.9 Å². The first-order valence-electron chi connectivity index (χ1n) is 6.41. The maximum Gasteiger partial charge on any atom is 0.254 e. The summed E-state index contributed by atoms with van der Waals surface area (Å²) in [6, 6.07) is 2.94. The van der Waals surface area contributed by atoms with Gasteiger partial charge >= 0.3 is 0 Å². The normalized spacial score (nSPS) is 16.4. The van der Waals surface area contributed by atoms with Crippen LogP contribution < -0.4 is 5.73 Å². The van der Waals surface area contributed by atoms with Crippen molar-refractivity contribution >= 4 is 11.6 Å². The first-order chi connectivity index (χ1) is 9.00. The van der Waals surface area contributed by atoms with Crippen molar-refractivity contribution in [1.82, 2.24) is 4.90 Å². The van der Waals surface area contributed by atoms with Gasteiger partial charge < -0.3 is 15.4 Å². The predicted molar refractivity (Wildman–Crippen MR) is 71.5 cm³/mol. The highest BCUT2D eigenvalue weighted by Crippen LogP contribution is 2.21. The van der Waals surface area contributed by atoms with Crippen molar-refractivity contribution in [3.05, 3.63) is 29.1 Å². The fourth-order valence-corrected chi connectivity index (χ4v) is 2.27. The number of ether oxygens (including phenoxy) is 1. The standard InChI is InChI=1S/C14H19FN2O2/c1-9-12(15)7-10(8-13(9)16)14(18)17(2)11-3-5-19-6-4-11/h7-8,11H,3-6,16H2,1-2H3. The molecule has 0 spiro atoms. The molecule has 2 N–H and O–H groups in total. The molecular weight excluding hydrogens is 247 g/mol. The molecule has 0 unspecified atom stereocenters. The zero-order valence-electron chi connectivity index (χ0n) is 11.3. The molecular formula is C14H19FN2O2. The van der Waals surface area contributed by atoms with E-state index < -0.39 is 5.82 Å². The summed E-state index contributed by atoms with van der Waals surface area (Å²) >= 11 is 0. The van der Waals surface area contributed by atoms with Crippen LogP contribution in [0.5, 0.6) is 0 Å². The van der Waals surface area contributed by atoms with E-state index in [2.05, 4.69) is 0 Å². The van der Waals surface area contributed by atoms with E-state index in [1.165, 1.54) is 12.1 Å². The number of hydrogen-bond donors (Lipinski definition) is 1. The van der Waals surface area contributed by atoms with Gasteiger partial charge in [-0.05, 0) is 31.9 Å². The number of carbonyl (C=O) groups excluding carboxylic acids is 1. The minimum atomic E-state index is -0.441. The third-order valence-electron chi connectivity index (χ3n) is 3.69. The van der Waals surface area contributed by atoms with Crippen molar-refractivity contribution in [2.24, 2.45) is 0 Å². The van der Waals surface area contributed by atoms with Crippen LogP contribution in [0.2, 0.25) is 0 Å². The molecule has 1 aromatic carbocycles. The Morgan fingerprint density at radius 3 is 2.63 bits per heavy atom. The Morgan fingerprint density at radius 2 is 2.05 bits per heavy atom. The molecule has 0 bridgehead atoms. The summed E-state index contributed by atoms with van der Waals surface area (Å²) in [4.78, 5) is 14.0. The molecule has 0 radical (unpaired) electrons. The van der Waals surface area contributed by atoms with E-state index >= 15 is 0 Å². The molecule has 4 nitrogen and oxygen atoms in total. The maximum absolute atomic E-state index is 13.6. The molecule has 1 saturated heterocycles. The number of halogens is 1. The van der Waals surface area contributed by atoms with Crippen LogP contribution >= 0.6 is 0 Å². The van der Waals surface area contributed by atoms with E-state index in [1.54, 1.807) is 18.9 Å². The Morgan fingerprint density at radius 1 is 1.42 bits per heavy atom. The second-order valence-corrected chi connectivity index (χ2v) is 4.93. The van der Waals surface area contributed by atoms with E-state index in [9.17, 15) is 9.18 Å². The molecule has 5 heteroatoms. The highest BCUT2D eigenvalue weighted by Gasteiger charge is 2.24. The van der Waals surface area contributed by atoms with Gasteiger partial charge in [0.1, 0.15) is 5.82 Å². The zero-order valence-corrected chi connectivity index (χ0v) is 11.3. The lowest BCUT2D eigenvalue weighted by Crippen LogP contribution is -2.40. The molecule has 0 aliphatic carbocycles. The Bertz CT molecular complexity index is 461. The lowest BCUT2D eigenvalue weighted by molar-refractivity contribution is 0.0362. The number of hydrogen-bond acceptors (Lipinski definition) is 3. The molecule has 1 aliphatic rings. The number of nitrogens with zero attached hydrogens (tertiary/aromatic N) is 1. The lowest BCUT2D eigenvalue weighted by atomic mass is 10.0. The fourth-order valence-electron chi connectivity index (χ4n) is 2.27. The van der Waals surface area contributed by atoms with Crippen molar-refractivity contribution in [2.45, 2.75) is 25.8 Å². The van der Waals surface area contributed by atoms with Crippen LogP contribution in [-0.2, 0) is 4.74 Å². The van der Waals surface area contributed by atoms with Crippen LogP contribution in [0, 0.1) is 12.7 Å². The highest BCUT2D eigenvalue weighted by atomic mass is 19.1. The van der Waals surface area contributed by atoms with Crippen molar-refractivity contribution in [3.8, 4) is 0 Å². The number of amides is 1. The number of anilines is 1. The molecule has 19 heavy (non-hydrogen) atoms. The quantitative estimate of drug-likeness (QED) is 0.833. The van der Waals surface area contributed by atoms with Gasteiger partial charge in [-0.3, -0.25) is 4.79 Å². The van der Waals surface area contributed by atoms with Crippen LogP contribution in [0.15, 0.2) is 12.1 Å². The van der Waals surface area contributed by atoms with Gasteiger partial charge in [-0.25, -0.2) is 4.39 Å². The SMILES string of the molecule is Cc1c(N)cc(C(=O)N(C)C2CCOCC2)cc1F. The third-order valence-corrected chi connectivity index (χ3v) is 3.69. The molecule has 0 aromatic heterocycles. The van der Waals surface area contributed by atoms with E-state index in [0.29, 0.717) is 30.0 Å². The van der Waals surface area contributed by atoms with E-state index in [4.69, 9.17) is 10.5 Å². The number of benzene rings is 1. The number of nitrogens with two attached hydrogens (primary N) is 1. The first kappa shape index (κ1) is 13.8. The van der Waals surface area contributed by atoms with Gasteiger partial charge in [0.25, 0.3) is 5.91 Å². The Kier molecular flexibility index (Phi) is 4.04. The van der Waals surface area contributed by atoms with Gasteiger partial charge in [-0.1, -0.05) is 0 Å². The van der Waals surface area contributed by atoms with Crippen molar-refractivity contribution in [2.75, 3.05) is 26.0 Å². The third kappa shape index (κ3) is 2.87. The van der Waals surface area contributed by atoms with Gasteiger partial charge in [0.2, 0.25) is 0 Å². The Hall–Kier alpha value is -1.62. The minimum absolute atomic E-state index is 0.145. The molecule has 104 valence electrons. The second kappa shape index (κ2) is 5.57. The Balaban J connectivity index is 2.18. The van der Waals surface area contributed by atoms with Crippen LogP contribution in [0.3, 0.4) is 0 Å². The van der Waals surface area contributed by atoms with Gasteiger partial charge in [0, 0.05) is 43.1 Å². The molecule has 1 heterocycles. The predicted octanol–water partition coefficient (Wildman–Crippen LogP) is 1.97. The summed E-state index contributed by atoms with van der Waals surface area (Å²) in [5, 5.41) is 0. The molecule has 2 rings (SSSR count). The van der Waals surface area contributed by atoms with Crippen LogP contribution in [0.25, 0.3) is 0 Å². The van der Waals surface area contributed by atoms with Crippen molar-refractivity contribution in [1.29, 1.82) is 0 Å². The summed E-state index contributed by atoms with van der Waals surface area (Å²) in [5.74, 6) is -0.638.